The molecule has 1 aromatic carbocycles. The third-order valence-electron chi connectivity index (χ3n) is 2.39. The first-order valence-corrected chi connectivity index (χ1v) is 7.26. The van der Waals surface area contributed by atoms with Crippen molar-refractivity contribution in [2.24, 2.45) is 5.73 Å². The van der Waals surface area contributed by atoms with E-state index in [0.29, 0.717) is 6.54 Å². The van der Waals surface area contributed by atoms with Crippen LogP contribution in [0.5, 0.6) is 0 Å². The number of halogens is 3. The van der Waals surface area contributed by atoms with Crippen molar-refractivity contribution in [1.29, 1.82) is 0 Å². The summed E-state index contributed by atoms with van der Waals surface area (Å²) in [5, 5.41) is 2.73. The Balaban J connectivity index is 2.18. The molecule has 100 valence electrons. The van der Waals surface area contributed by atoms with Crippen LogP contribution in [0.1, 0.15) is 10.4 Å². The first kappa shape index (κ1) is 14.4. The highest BCUT2D eigenvalue weighted by Crippen LogP contribution is 2.25. The van der Waals surface area contributed by atoms with Crippen molar-refractivity contribution in [2.75, 3.05) is 5.32 Å². The van der Waals surface area contributed by atoms with Gasteiger partial charge in [-0.25, -0.2) is 8.78 Å². The first-order valence-electron chi connectivity index (χ1n) is 5.24. The maximum Gasteiger partial charge on any atom is 0.150 e. The highest BCUT2D eigenvalue weighted by atomic mass is 79.9. The summed E-state index contributed by atoms with van der Waals surface area (Å²) in [6.07, 6.45) is 0. The van der Waals surface area contributed by atoms with Gasteiger partial charge in [0.1, 0.15) is 22.3 Å². The van der Waals surface area contributed by atoms with Crippen molar-refractivity contribution in [3.05, 3.63) is 50.1 Å². The minimum Gasteiger partial charge on any atom is -0.389 e. The minimum absolute atomic E-state index is 0.0356. The van der Waals surface area contributed by atoms with Crippen LogP contribution in [0.15, 0.2) is 28.1 Å². The third-order valence-corrected chi connectivity index (χ3v) is 4.25. The fraction of sp³-hybridized carbons (Fsp3) is 0.0833. The van der Waals surface area contributed by atoms with Crippen LogP contribution in [0.2, 0.25) is 0 Å². The molecule has 1 aromatic heterocycles. The lowest BCUT2D eigenvalue weighted by Crippen LogP contribution is -2.12. The van der Waals surface area contributed by atoms with Gasteiger partial charge in [-0.1, -0.05) is 12.2 Å². The molecule has 0 aliphatic heterocycles. The SMILES string of the molecule is NC(=S)c1cc(F)c(NCc2ccc(Br)s2)c(F)c1. The number of thiocarbonyl (C=S) groups is 1. The molecule has 0 amide bonds. The Labute approximate surface area is 126 Å². The van der Waals surface area contributed by atoms with Crippen LogP contribution in [-0.2, 0) is 6.54 Å². The molecule has 0 bridgehead atoms. The fourth-order valence-electron chi connectivity index (χ4n) is 1.51. The summed E-state index contributed by atoms with van der Waals surface area (Å²) < 4.78 is 28.5. The molecule has 2 aromatic rings. The van der Waals surface area contributed by atoms with Gasteiger partial charge in [-0.2, -0.15) is 0 Å². The van der Waals surface area contributed by atoms with Gasteiger partial charge in [0.2, 0.25) is 0 Å². The van der Waals surface area contributed by atoms with E-state index in [1.54, 1.807) is 0 Å². The largest absolute Gasteiger partial charge is 0.389 e. The zero-order valence-corrected chi connectivity index (χ0v) is 12.8. The Morgan fingerprint density at radius 3 is 2.42 bits per heavy atom. The van der Waals surface area contributed by atoms with Crippen molar-refractivity contribution in [3.8, 4) is 0 Å². The van der Waals surface area contributed by atoms with Gasteiger partial charge in [-0.15, -0.1) is 11.3 Å². The van der Waals surface area contributed by atoms with E-state index in [1.165, 1.54) is 11.3 Å². The summed E-state index contributed by atoms with van der Waals surface area (Å²) in [6, 6.07) is 6.00. The molecule has 0 unspecified atom stereocenters. The van der Waals surface area contributed by atoms with E-state index >= 15 is 0 Å². The van der Waals surface area contributed by atoms with Crippen LogP contribution in [0.25, 0.3) is 0 Å². The molecular formula is C12H9BrF2N2S2. The van der Waals surface area contributed by atoms with E-state index in [2.05, 4.69) is 33.5 Å². The lowest BCUT2D eigenvalue weighted by atomic mass is 10.2. The van der Waals surface area contributed by atoms with Gasteiger partial charge in [-0.3, -0.25) is 0 Å². The quantitative estimate of drug-likeness (QED) is 0.806. The number of hydrogen-bond acceptors (Lipinski definition) is 3. The van der Waals surface area contributed by atoms with Gasteiger partial charge < -0.3 is 11.1 Å². The van der Waals surface area contributed by atoms with Crippen LogP contribution in [-0.4, -0.2) is 4.99 Å². The van der Waals surface area contributed by atoms with E-state index < -0.39 is 11.6 Å². The molecule has 0 aliphatic carbocycles. The molecule has 0 radical (unpaired) electrons. The number of rotatable bonds is 4. The van der Waals surface area contributed by atoms with Gasteiger partial charge in [0.25, 0.3) is 0 Å². The Hall–Kier alpha value is -1.05. The van der Waals surface area contributed by atoms with Crippen LogP contribution in [0.3, 0.4) is 0 Å². The average Bonchev–Trinajstić information content (AvgIpc) is 2.73. The minimum atomic E-state index is -0.710. The van der Waals surface area contributed by atoms with E-state index in [0.717, 1.165) is 20.8 Å². The van der Waals surface area contributed by atoms with Gasteiger partial charge in [0.15, 0.2) is 0 Å². The van der Waals surface area contributed by atoms with E-state index in [9.17, 15) is 8.78 Å². The second-order valence-corrected chi connectivity index (χ2v) is 6.73. The highest BCUT2D eigenvalue weighted by molar-refractivity contribution is 9.11. The lowest BCUT2D eigenvalue weighted by Gasteiger charge is -2.09. The molecule has 1 heterocycles. The maximum absolute atomic E-state index is 13.8. The molecule has 0 fully saturated rings. The fourth-order valence-corrected chi connectivity index (χ4v) is 3.05. The zero-order valence-electron chi connectivity index (χ0n) is 9.54. The molecule has 0 aliphatic rings. The molecular weight excluding hydrogens is 354 g/mol. The summed E-state index contributed by atoms with van der Waals surface area (Å²) in [4.78, 5) is 0.927. The maximum atomic E-state index is 13.8. The van der Waals surface area contributed by atoms with Crippen molar-refractivity contribution in [2.45, 2.75) is 6.54 Å². The number of benzene rings is 1. The monoisotopic (exact) mass is 362 g/mol. The summed E-state index contributed by atoms with van der Waals surface area (Å²) in [7, 11) is 0. The van der Waals surface area contributed by atoms with Crippen molar-refractivity contribution >= 4 is 50.2 Å². The third kappa shape index (κ3) is 3.49. The second kappa shape index (κ2) is 5.94. The standard InChI is InChI=1S/C12H9BrF2N2S2/c13-10-2-1-7(19-10)5-17-11-8(14)3-6(12(16)18)4-9(11)15/h1-4,17H,5H2,(H2,16,18). The normalized spacial score (nSPS) is 10.5. The molecule has 2 rings (SSSR count). The average molecular weight is 363 g/mol. The molecule has 7 heteroatoms. The number of nitrogens with two attached hydrogens (primary N) is 1. The molecule has 0 atom stereocenters. The Morgan fingerprint density at radius 1 is 1.32 bits per heavy atom. The van der Waals surface area contributed by atoms with Crippen molar-refractivity contribution < 1.29 is 8.78 Å². The summed E-state index contributed by atoms with van der Waals surface area (Å²) in [5.74, 6) is -1.42. The molecule has 2 nitrogen and oxygen atoms in total. The number of anilines is 1. The van der Waals surface area contributed by atoms with Gasteiger partial charge >= 0.3 is 0 Å². The predicted octanol–water partition coefficient (Wildman–Crippen LogP) is 4.04. The molecule has 0 saturated heterocycles. The summed E-state index contributed by atoms with van der Waals surface area (Å²) >= 11 is 9.51. The van der Waals surface area contributed by atoms with Gasteiger partial charge in [0.05, 0.1) is 3.79 Å². The topological polar surface area (TPSA) is 38.0 Å². The molecule has 0 spiro atoms. The number of thiophene rings is 1. The van der Waals surface area contributed by atoms with Crippen molar-refractivity contribution in [1.82, 2.24) is 0 Å². The lowest BCUT2D eigenvalue weighted by molar-refractivity contribution is 0.587. The Bertz CT molecular complexity index is 605. The van der Waals surface area contributed by atoms with E-state index in [1.807, 2.05) is 12.1 Å². The zero-order chi connectivity index (χ0) is 14.0. The molecule has 0 saturated carbocycles. The van der Waals surface area contributed by atoms with Crippen molar-refractivity contribution in [3.63, 3.8) is 0 Å². The Kier molecular flexibility index (Phi) is 4.49. The van der Waals surface area contributed by atoms with Gasteiger partial charge in [-0.05, 0) is 40.2 Å². The molecule has 19 heavy (non-hydrogen) atoms. The summed E-state index contributed by atoms with van der Waals surface area (Å²) in [6.45, 7) is 0.344. The van der Waals surface area contributed by atoms with Crippen LogP contribution in [0, 0.1) is 11.6 Å². The number of nitrogens with one attached hydrogen (secondary N) is 1. The predicted molar refractivity (Wildman–Crippen MR) is 81.6 cm³/mol. The second-order valence-electron chi connectivity index (χ2n) is 3.74. The van der Waals surface area contributed by atoms with Crippen LogP contribution < -0.4 is 11.1 Å². The smallest absolute Gasteiger partial charge is 0.150 e. The van der Waals surface area contributed by atoms with Gasteiger partial charge in [0, 0.05) is 17.0 Å². The van der Waals surface area contributed by atoms with E-state index in [-0.39, 0.29) is 16.2 Å². The van der Waals surface area contributed by atoms with Crippen LogP contribution >= 0.6 is 39.5 Å². The first-order chi connectivity index (χ1) is 8.97. The van der Waals surface area contributed by atoms with E-state index in [4.69, 9.17) is 5.73 Å². The Morgan fingerprint density at radius 2 is 1.95 bits per heavy atom. The number of hydrogen-bond donors (Lipinski definition) is 2. The van der Waals surface area contributed by atoms with Crippen LogP contribution in [0.4, 0.5) is 14.5 Å². The highest BCUT2D eigenvalue weighted by Gasteiger charge is 2.12. The molecule has 3 N–H and O–H groups in total. The summed E-state index contributed by atoms with van der Waals surface area (Å²) in [5.41, 5.74) is 5.34.